The van der Waals surface area contributed by atoms with Crippen LogP contribution >= 0.6 is 34.3 Å². The van der Waals surface area contributed by atoms with Crippen molar-refractivity contribution in [2.45, 2.75) is 13.3 Å². The Hall–Kier alpha value is -2.21. The van der Waals surface area contributed by atoms with Gasteiger partial charge in [-0.15, -0.1) is 11.3 Å². The normalized spacial score (nSPS) is 11.0. The number of aryl methyl sites for hydroxylation is 1. The van der Waals surface area contributed by atoms with Gasteiger partial charge in [0.1, 0.15) is 4.88 Å². The van der Waals surface area contributed by atoms with E-state index in [0.29, 0.717) is 15.0 Å². The number of nitrogens with zero attached hydrogens (tertiary/aromatic N) is 1. The fourth-order valence-electron chi connectivity index (χ4n) is 2.68. The minimum Gasteiger partial charge on any atom is -0.297 e. The molecule has 0 saturated heterocycles. The van der Waals surface area contributed by atoms with Crippen LogP contribution in [0.4, 0.5) is 5.13 Å². The second-order valence-corrected chi connectivity index (χ2v) is 8.24. The van der Waals surface area contributed by atoms with E-state index in [4.69, 9.17) is 11.6 Å². The molecular formula is C20H15ClN2OS2. The molecule has 0 radical (unpaired) electrons. The Morgan fingerprint density at radius 3 is 2.62 bits per heavy atom. The Bertz CT molecular complexity index is 1080. The number of anilines is 1. The van der Waals surface area contributed by atoms with E-state index < -0.39 is 0 Å². The fraction of sp³-hybridized carbons (Fsp3) is 0.100. The zero-order chi connectivity index (χ0) is 18.1. The van der Waals surface area contributed by atoms with Gasteiger partial charge in [0.2, 0.25) is 0 Å². The van der Waals surface area contributed by atoms with E-state index >= 15 is 0 Å². The average Bonchev–Trinajstić information content (AvgIpc) is 3.27. The molecule has 130 valence electrons. The summed E-state index contributed by atoms with van der Waals surface area (Å²) in [5, 5.41) is 4.83. The SMILES string of the molecule is CCc1ccc(-c2cnc(NC(=O)c3sc4ccccc4c3Cl)s2)cc1. The third-order valence-corrected chi connectivity index (χ3v) is 6.75. The molecule has 3 nitrogen and oxygen atoms in total. The summed E-state index contributed by atoms with van der Waals surface area (Å²) >= 11 is 9.23. The number of thiazole rings is 1. The number of rotatable bonds is 4. The number of halogens is 1. The van der Waals surface area contributed by atoms with Gasteiger partial charge in [-0.1, -0.05) is 72.3 Å². The molecule has 0 unspecified atom stereocenters. The number of hydrogen-bond acceptors (Lipinski definition) is 4. The van der Waals surface area contributed by atoms with Crippen LogP contribution in [0.15, 0.2) is 54.7 Å². The molecule has 0 saturated carbocycles. The molecule has 2 aromatic carbocycles. The summed E-state index contributed by atoms with van der Waals surface area (Å²) in [4.78, 5) is 18.5. The van der Waals surface area contributed by atoms with Crippen molar-refractivity contribution in [2.75, 3.05) is 5.32 Å². The molecule has 1 N–H and O–H groups in total. The number of nitrogens with one attached hydrogen (secondary N) is 1. The van der Waals surface area contributed by atoms with Crippen LogP contribution in [0.3, 0.4) is 0 Å². The van der Waals surface area contributed by atoms with Crippen molar-refractivity contribution < 1.29 is 4.79 Å². The van der Waals surface area contributed by atoms with E-state index in [-0.39, 0.29) is 5.91 Å². The molecule has 4 rings (SSSR count). The highest BCUT2D eigenvalue weighted by Gasteiger charge is 2.18. The van der Waals surface area contributed by atoms with Crippen molar-refractivity contribution in [1.82, 2.24) is 4.98 Å². The van der Waals surface area contributed by atoms with Crippen molar-refractivity contribution in [3.63, 3.8) is 0 Å². The molecule has 0 atom stereocenters. The number of thiophene rings is 1. The lowest BCUT2D eigenvalue weighted by Crippen LogP contribution is -2.10. The minimum absolute atomic E-state index is 0.224. The van der Waals surface area contributed by atoms with Crippen molar-refractivity contribution in [2.24, 2.45) is 0 Å². The maximum absolute atomic E-state index is 12.6. The average molecular weight is 399 g/mol. The summed E-state index contributed by atoms with van der Waals surface area (Å²) in [6.45, 7) is 2.13. The van der Waals surface area contributed by atoms with Gasteiger partial charge in [0.15, 0.2) is 5.13 Å². The van der Waals surface area contributed by atoms with Crippen LogP contribution in [0.1, 0.15) is 22.2 Å². The highest BCUT2D eigenvalue weighted by Crippen LogP contribution is 2.36. The molecule has 0 bridgehead atoms. The van der Waals surface area contributed by atoms with E-state index in [1.165, 1.54) is 28.2 Å². The molecule has 0 aliphatic rings. The number of amides is 1. The first kappa shape index (κ1) is 17.2. The lowest BCUT2D eigenvalue weighted by Gasteiger charge is -2.00. The lowest BCUT2D eigenvalue weighted by atomic mass is 10.1. The molecule has 26 heavy (non-hydrogen) atoms. The largest absolute Gasteiger partial charge is 0.297 e. The first-order chi connectivity index (χ1) is 12.7. The molecule has 0 spiro atoms. The van der Waals surface area contributed by atoms with E-state index in [2.05, 4.69) is 41.5 Å². The van der Waals surface area contributed by atoms with Crippen molar-refractivity contribution in [3.05, 3.63) is 70.2 Å². The number of benzene rings is 2. The van der Waals surface area contributed by atoms with E-state index in [0.717, 1.165) is 26.9 Å². The number of hydrogen-bond donors (Lipinski definition) is 1. The van der Waals surface area contributed by atoms with Crippen LogP contribution in [-0.2, 0) is 6.42 Å². The maximum Gasteiger partial charge on any atom is 0.269 e. The van der Waals surface area contributed by atoms with Crippen LogP contribution in [0.25, 0.3) is 20.5 Å². The fourth-order valence-corrected chi connectivity index (χ4v) is 4.91. The van der Waals surface area contributed by atoms with Crippen LogP contribution < -0.4 is 5.32 Å². The standard InChI is InChI=1S/C20H15ClN2OS2/c1-2-12-7-9-13(10-8-12)16-11-22-20(26-16)23-19(24)18-17(21)14-5-3-4-6-15(14)25-18/h3-11H,2H2,1H3,(H,22,23,24). The Morgan fingerprint density at radius 1 is 1.12 bits per heavy atom. The van der Waals surface area contributed by atoms with Crippen LogP contribution in [0, 0.1) is 0 Å². The summed E-state index contributed by atoms with van der Waals surface area (Å²) in [6, 6.07) is 16.1. The highest BCUT2D eigenvalue weighted by molar-refractivity contribution is 7.22. The summed E-state index contributed by atoms with van der Waals surface area (Å²) in [5.74, 6) is -0.224. The van der Waals surface area contributed by atoms with Crippen LogP contribution in [0.2, 0.25) is 5.02 Å². The first-order valence-electron chi connectivity index (χ1n) is 8.19. The smallest absolute Gasteiger partial charge is 0.269 e. The van der Waals surface area contributed by atoms with Crippen molar-refractivity contribution in [1.29, 1.82) is 0 Å². The maximum atomic E-state index is 12.6. The predicted molar refractivity (Wildman–Crippen MR) is 112 cm³/mol. The quantitative estimate of drug-likeness (QED) is 0.426. The lowest BCUT2D eigenvalue weighted by molar-refractivity contribution is 0.103. The second kappa shape index (κ2) is 7.19. The Kier molecular flexibility index (Phi) is 4.76. The van der Waals surface area contributed by atoms with Gasteiger partial charge >= 0.3 is 0 Å². The van der Waals surface area contributed by atoms with E-state index in [1.807, 2.05) is 24.3 Å². The number of fused-ring (bicyclic) bond motifs is 1. The van der Waals surface area contributed by atoms with Gasteiger partial charge < -0.3 is 0 Å². The Balaban J connectivity index is 1.56. The molecule has 6 heteroatoms. The summed E-state index contributed by atoms with van der Waals surface area (Å²) in [6.07, 6.45) is 2.80. The van der Waals surface area contributed by atoms with Gasteiger partial charge in [-0.05, 0) is 23.6 Å². The summed E-state index contributed by atoms with van der Waals surface area (Å²) in [5.41, 5.74) is 2.39. The molecule has 2 heterocycles. The van der Waals surface area contributed by atoms with Gasteiger partial charge in [-0.3, -0.25) is 10.1 Å². The molecule has 0 aliphatic heterocycles. The molecule has 1 amide bonds. The number of carbonyl (C=O) groups excluding carboxylic acids is 1. The van der Waals surface area contributed by atoms with Gasteiger partial charge in [0.05, 0.1) is 9.90 Å². The zero-order valence-electron chi connectivity index (χ0n) is 14.0. The number of aromatic nitrogens is 1. The Labute approximate surface area is 164 Å². The van der Waals surface area contributed by atoms with Crippen LogP contribution in [-0.4, -0.2) is 10.9 Å². The zero-order valence-corrected chi connectivity index (χ0v) is 16.3. The van der Waals surface area contributed by atoms with Gasteiger partial charge in [-0.2, -0.15) is 0 Å². The summed E-state index contributed by atoms with van der Waals surface area (Å²) < 4.78 is 0.999. The molecule has 0 aliphatic carbocycles. The molecule has 4 aromatic rings. The van der Waals surface area contributed by atoms with E-state index in [9.17, 15) is 4.79 Å². The first-order valence-corrected chi connectivity index (χ1v) is 10.2. The van der Waals surface area contributed by atoms with Crippen LogP contribution in [0.5, 0.6) is 0 Å². The molecular weight excluding hydrogens is 384 g/mol. The third-order valence-electron chi connectivity index (χ3n) is 4.11. The van der Waals surface area contributed by atoms with Gasteiger partial charge in [0, 0.05) is 16.3 Å². The van der Waals surface area contributed by atoms with Crippen molar-refractivity contribution >= 4 is 55.4 Å². The molecule has 2 aromatic heterocycles. The van der Waals surface area contributed by atoms with Gasteiger partial charge in [0.25, 0.3) is 5.91 Å². The van der Waals surface area contributed by atoms with E-state index in [1.54, 1.807) is 6.20 Å². The van der Waals surface area contributed by atoms with Crippen molar-refractivity contribution in [3.8, 4) is 10.4 Å². The number of carbonyl (C=O) groups is 1. The Morgan fingerprint density at radius 2 is 1.88 bits per heavy atom. The monoisotopic (exact) mass is 398 g/mol. The topological polar surface area (TPSA) is 42.0 Å². The van der Waals surface area contributed by atoms with Gasteiger partial charge in [-0.25, -0.2) is 4.98 Å². The highest BCUT2D eigenvalue weighted by atomic mass is 35.5. The predicted octanol–water partition coefficient (Wildman–Crippen LogP) is 6.49. The third kappa shape index (κ3) is 3.26. The second-order valence-electron chi connectivity index (χ2n) is 5.78. The molecule has 0 fully saturated rings. The summed E-state index contributed by atoms with van der Waals surface area (Å²) in [7, 11) is 0. The minimum atomic E-state index is -0.224.